The number of anilines is 1. The van der Waals surface area contributed by atoms with Gasteiger partial charge in [-0.1, -0.05) is 47.5 Å². The maximum atomic E-state index is 13.7. The van der Waals surface area contributed by atoms with Crippen LogP contribution in [-0.4, -0.2) is 34.6 Å². The van der Waals surface area contributed by atoms with Crippen LogP contribution in [0.4, 0.5) is 5.69 Å². The molecule has 2 aromatic rings. The third kappa shape index (κ3) is 3.01. The van der Waals surface area contributed by atoms with Gasteiger partial charge in [-0.15, -0.1) is 0 Å². The molecule has 0 bridgehead atoms. The van der Waals surface area contributed by atoms with E-state index in [0.717, 1.165) is 4.90 Å². The smallest absolute Gasteiger partial charge is 0.250 e. The Kier molecular flexibility index (Phi) is 5.00. The van der Waals surface area contributed by atoms with Crippen molar-refractivity contribution >= 4 is 52.5 Å². The lowest BCUT2D eigenvalue weighted by atomic mass is 9.76. The van der Waals surface area contributed by atoms with Crippen molar-refractivity contribution in [2.24, 2.45) is 17.6 Å². The Morgan fingerprint density at radius 3 is 2.52 bits per heavy atom. The molecule has 2 saturated heterocycles. The minimum absolute atomic E-state index is 0.0299. The molecule has 1 spiro atoms. The molecule has 0 aromatic heterocycles. The maximum Gasteiger partial charge on any atom is 0.250 e. The van der Waals surface area contributed by atoms with Crippen LogP contribution in [0.15, 0.2) is 36.4 Å². The van der Waals surface area contributed by atoms with Crippen molar-refractivity contribution in [3.8, 4) is 0 Å². The van der Waals surface area contributed by atoms with Gasteiger partial charge in [0, 0.05) is 28.1 Å². The average molecular weight is 487 g/mol. The summed E-state index contributed by atoms with van der Waals surface area (Å²) in [5.74, 6) is -4.05. The molecule has 0 radical (unpaired) electrons. The first-order valence-corrected chi connectivity index (χ1v) is 11.2. The molecule has 4 atom stereocenters. The van der Waals surface area contributed by atoms with Gasteiger partial charge in [-0.25, -0.2) is 0 Å². The van der Waals surface area contributed by atoms with E-state index in [2.05, 4.69) is 10.6 Å². The summed E-state index contributed by atoms with van der Waals surface area (Å²) in [6.45, 7) is 1.73. The van der Waals surface area contributed by atoms with Gasteiger partial charge >= 0.3 is 0 Å². The topological polar surface area (TPSA) is 122 Å². The fourth-order valence-corrected chi connectivity index (χ4v) is 5.75. The van der Waals surface area contributed by atoms with Gasteiger partial charge in [-0.2, -0.15) is 0 Å². The van der Waals surface area contributed by atoms with Crippen molar-refractivity contribution in [3.05, 3.63) is 63.1 Å². The van der Waals surface area contributed by atoms with E-state index in [1.807, 2.05) is 0 Å². The van der Waals surface area contributed by atoms with E-state index in [9.17, 15) is 19.2 Å². The highest BCUT2D eigenvalue weighted by molar-refractivity contribution is 6.32. The minimum Gasteiger partial charge on any atom is -0.370 e. The standard InChI is InChI=1S/C23H20Cl2N4O4/c1-10-13(24)7-6-12-19(10)27-22(33)23(12)18-17(15(28-23)8-16(26)30)20(31)29(21(18)32)9-11-4-2-3-5-14(11)25/h2-7,15,17-18,28H,8-9H2,1H3,(H2,26,30)(H,27,33). The molecule has 2 fully saturated rings. The molecule has 3 aliphatic heterocycles. The van der Waals surface area contributed by atoms with E-state index in [1.165, 1.54) is 0 Å². The summed E-state index contributed by atoms with van der Waals surface area (Å²) in [5, 5.41) is 6.87. The fraction of sp³-hybridized carbons (Fsp3) is 0.304. The second kappa shape index (κ2) is 7.55. The Labute approximate surface area is 199 Å². The van der Waals surface area contributed by atoms with Crippen LogP contribution in [0.5, 0.6) is 0 Å². The van der Waals surface area contributed by atoms with E-state index in [4.69, 9.17) is 28.9 Å². The highest BCUT2D eigenvalue weighted by Gasteiger charge is 2.70. The summed E-state index contributed by atoms with van der Waals surface area (Å²) in [5.41, 5.74) is 6.22. The number of halogens is 2. The van der Waals surface area contributed by atoms with Crippen LogP contribution in [0.3, 0.4) is 0 Å². The lowest BCUT2D eigenvalue weighted by molar-refractivity contribution is -0.143. The summed E-state index contributed by atoms with van der Waals surface area (Å²) in [7, 11) is 0. The van der Waals surface area contributed by atoms with E-state index in [-0.39, 0.29) is 13.0 Å². The van der Waals surface area contributed by atoms with Crippen LogP contribution in [0.1, 0.15) is 23.1 Å². The van der Waals surface area contributed by atoms with Crippen molar-refractivity contribution in [3.63, 3.8) is 0 Å². The molecule has 170 valence electrons. The number of amides is 4. The van der Waals surface area contributed by atoms with Gasteiger partial charge < -0.3 is 11.1 Å². The molecule has 33 heavy (non-hydrogen) atoms. The number of nitrogens with one attached hydrogen (secondary N) is 2. The van der Waals surface area contributed by atoms with Crippen molar-refractivity contribution in [2.75, 3.05) is 5.32 Å². The quantitative estimate of drug-likeness (QED) is 0.571. The number of fused-ring (bicyclic) bond motifs is 4. The fourth-order valence-electron chi connectivity index (χ4n) is 5.39. The zero-order valence-corrected chi connectivity index (χ0v) is 19.0. The first-order chi connectivity index (χ1) is 15.7. The van der Waals surface area contributed by atoms with Gasteiger partial charge in [0.1, 0.15) is 5.54 Å². The predicted octanol–water partition coefficient (Wildman–Crippen LogP) is 2.10. The normalized spacial score (nSPS) is 27.8. The molecule has 4 N–H and O–H groups in total. The second-order valence-electron chi connectivity index (χ2n) is 8.64. The molecule has 2 aromatic carbocycles. The average Bonchev–Trinajstić information content (AvgIpc) is 3.33. The van der Waals surface area contributed by atoms with Crippen molar-refractivity contribution in [1.82, 2.24) is 10.2 Å². The summed E-state index contributed by atoms with van der Waals surface area (Å²) >= 11 is 12.5. The number of imide groups is 1. The van der Waals surface area contributed by atoms with Gasteiger partial charge in [0.05, 0.1) is 24.1 Å². The van der Waals surface area contributed by atoms with Gasteiger partial charge in [-0.3, -0.25) is 29.4 Å². The lowest BCUT2D eigenvalue weighted by Gasteiger charge is -2.29. The monoisotopic (exact) mass is 486 g/mol. The number of carbonyl (C=O) groups is 4. The SMILES string of the molecule is Cc1c(Cl)ccc2c1NC(=O)C21NC(CC(N)=O)C2C(=O)N(Cc3ccccc3Cl)C(=O)C21. The molecule has 0 saturated carbocycles. The molecule has 5 rings (SSSR count). The number of benzene rings is 2. The number of rotatable bonds is 4. The zero-order valence-electron chi connectivity index (χ0n) is 17.5. The third-order valence-corrected chi connectivity index (χ3v) is 7.66. The second-order valence-corrected chi connectivity index (χ2v) is 9.45. The van der Waals surface area contributed by atoms with E-state index < -0.39 is 47.0 Å². The number of hydrogen-bond donors (Lipinski definition) is 3. The first-order valence-electron chi connectivity index (χ1n) is 10.4. The molecule has 3 aliphatic rings. The highest BCUT2D eigenvalue weighted by Crippen LogP contribution is 2.54. The van der Waals surface area contributed by atoms with E-state index in [0.29, 0.717) is 32.4 Å². The summed E-state index contributed by atoms with van der Waals surface area (Å²) < 4.78 is 0. The molecular formula is C23H20Cl2N4O4. The summed E-state index contributed by atoms with van der Waals surface area (Å²) in [6.07, 6.45) is -0.197. The van der Waals surface area contributed by atoms with Gasteiger partial charge in [0.15, 0.2) is 0 Å². The Hall–Kier alpha value is -2.94. The molecule has 4 unspecified atom stereocenters. The van der Waals surface area contributed by atoms with E-state index >= 15 is 0 Å². The van der Waals surface area contributed by atoms with Gasteiger partial charge in [0.25, 0.3) is 0 Å². The summed E-state index contributed by atoms with van der Waals surface area (Å²) in [6, 6.07) is 9.46. The van der Waals surface area contributed by atoms with Crippen LogP contribution in [0, 0.1) is 18.8 Å². The van der Waals surface area contributed by atoms with Crippen molar-refractivity contribution in [1.29, 1.82) is 0 Å². The Morgan fingerprint density at radius 1 is 1.09 bits per heavy atom. The Bertz CT molecular complexity index is 1250. The number of carbonyl (C=O) groups excluding carboxylic acids is 4. The van der Waals surface area contributed by atoms with Crippen molar-refractivity contribution < 1.29 is 19.2 Å². The van der Waals surface area contributed by atoms with Crippen molar-refractivity contribution in [2.45, 2.75) is 31.5 Å². The number of nitrogens with two attached hydrogens (primary N) is 1. The first kappa shape index (κ1) is 21.9. The van der Waals surface area contributed by atoms with Gasteiger partial charge in [0.2, 0.25) is 23.6 Å². The van der Waals surface area contributed by atoms with Crippen LogP contribution in [0.25, 0.3) is 0 Å². The van der Waals surface area contributed by atoms with Gasteiger partial charge in [-0.05, 0) is 30.2 Å². The molecule has 3 heterocycles. The molecule has 10 heteroatoms. The lowest BCUT2D eigenvalue weighted by Crippen LogP contribution is -2.53. The maximum absolute atomic E-state index is 13.7. The third-order valence-electron chi connectivity index (χ3n) is 6.88. The molecule has 0 aliphatic carbocycles. The zero-order chi connectivity index (χ0) is 23.7. The number of nitrogens with zero attached hydrogens (tertiary/aromatic N) is 1. The molecular weight excluding hydrogens is 467 g/mol. The largest absolute Gasteiger partial charge is 0.370 e. The van der Waals surface area contributed by atoms with Crippen LogP contribution in [0.2, 0.25) is 10.0 Å². The van der Waals surface area contributed by atoms with E-state index in [1.54, 1.807) is 43.3 Å². The Morgan fingerprint density at radius 2 is 1.82 bits per heavy atom. The predicted molar refractivity (Wildman–Crippen MR) is 121 cm³/mol. The number of likely N-dealkylation sites (tertiary alicyclic amines) is 1. The minimum atomic E-state index is -1.52. The number of hydrogen-bond acceptors (Lipinski definition) is 5. The number of primary amides is 1. The van der Waals surface area contributed by atoms with Crippen LogP contribution >= 0.6 is 23.2 Å². The molecule has 4 amide bonds. The summed E-state index contributed by atoms with van der Waals surface area (Å²) in [4.78, 5) is 53.6. The Balaban J connectivity index is 1.63. The highest BCUT2D eigenvalue weighted by atomic mass is 35.5. The van der Waals surface area contributed by atoms with Crippen LogP contribution in [-0.2, 0) is 31.3 Å². The molecule has 8 nitrogen and oxygen atoms in total. The van der Waals surface area contributed by atoms with Crippen LogP contribution < -0.4 is 16.4 Å².